The fourth-order valence-electron chi connectivity index (χ4n) is 1.83. The maximum absolute atomic E-state index is 11.8. The van der Waals surface area contributed by atoms with E-state index < -0.39 is 0 Å². The van der Waals surface area contributed by atoms with Gasteiger partial charge in [0.05, 0.1) is 6.54 Å². The van der Waals surface area contributed by atoms with Crippen molar-refractivity contribution >= 4 is 23.4 Å². The third-order valence-corrected chi connectivity index (χ3v) is 3.36. The average Bonchev–Trinajstić information content (AvgIpc) is 2.45. The van der Waals surface area contributed by atoms with Crippen molar-refractivity contribution in [2.24, 2.45) is 5.92 Å². The van der Waals surface area contributed by atoms with Gasteiger partial charge in [-0.05, 0) is 36.6 Å². The number of aliphatic hydroxyl groups excluding tert-OH is 1. The van der Waals surface area contributed by atoms with Crippen molar-refractivity contribution in [2.45, 2.75) is 26.3 Å². The molecule has 1 atom stereocenters. The molecule has 2 amide bonds. The van der Waals surface area contributed by atoms with Gasteiger partial charge in [0.1, 0.15) is 0 Å². The van der Waals surface area contributed by atoms with Crippen LogP contribution in [0.15, 0.2) is 24.3 Å². The molecule has 0 aliphatic heterocycles. The third-order valence-electron chi connectivity index (χ3n) is 3.11. The van der Waals surface area contributed by atoms with Crippen molar-refractivity contribution < 1.29 is 14.7 Å². The van der Waals surface area contributed by atoms with E-state index in [1.165, 1.54) is 0 Å². The smallest absolute Gasteiger partial charge is 0.251 e. The summed E-state index contributed by atoms with van der Waals surface area (Å²) < 4.78 is 0. The Morgan fingerprint density at radius 3 is 2.38 bits per heavy atom. The van der Waals surface area contributed by atoms with Crippen LogP contribution >= 0.6 is 11.6 Å². The van der Waals surface area contributed by atoms with Crippen molar-refractivity contribution in [1.29, 1.82) is 0 Å². The maximum atomic E-state index is 11.8. The quantitative estimate of drug-likeness (QED) is 0.715. The molecule has 5 nitrogen and oxygen atoms in total. The predicted molar refractivity (Wildman–Crippen MR) is 82.3 cm³/mol. The lowest BCUT2D eigenvalue weighted by molar-refractivity contribution is -0.121. The molecule has 0 aliphatic rings. The lowest BCUT2D eigenvalue weighted by atomic mass is 10.0. The number of rotatable bonds is 7. The van der Waals surface area contributed by atoms with Crippen molar-refractivity contribution in [3.05, 3.63) is 34.9 Å². The Kier molecular flexibility index (Phi) is 7.19. The molecule has 21 heavy (non-hydrogen) atoms. The molecule has 0 aliphatic carbocycles. The molecule has 0 aromatic heterocycles. The lowest BCUT2D eigenvalue weighted by Gasteiger charge is -2.21. The Balaban J connectivity index is 2.45. The van der Waals surface area contributed by atoms with Gasteiger partial charge in [0.2, 0.25) is 5.91 Å². The van der Waals surface area contributed by atoms with Crippen LogP contribution in [0.1, 0.15) is 30.6 Å². The summed E-state index contributed by atoms with van der Waals surface area (Å²) in [7, 11) is 0. The highest BCUT2D eigenvalue weighted by Gasteiger charge is 2.16. The van der Waals surface area contributed by atoms with Crippen LogP contribution < -0.4 is 10.6 Å². The molecule has 0 saturated heterocycles. The van der Waals surface area contributed by atoms with E-state index in [0.29, 0.717) is 17.0 Å². The number of carbonyl (C=O) groups is 2. The zero-order chi connectivity index (χ0) is 15.8. The van der Waals surface area contributed by atoms with Crippen LogP contribution in [0.25, 0.3) is 0 Å². The zero-order valence-electron chi connectivity index (χ0n) is 12.2. The first-order chi connectivity index (χ1) is 9.93. The summed E-state index contributed by atoms with van der Waals surface area (Å²) in [6.45, 7) is 3.84. The highest BCUT2D eigenvalue weighted by atomic mass is 35.5. The SMILES string of the molecule is CC(C)C(CCO)NC(=O)CNC(=O)c1ccc(Cl)cc1. The number of hydrogen-bond acceptors (Lipinski definition) is 3. The first-order valence-electron chi connectivity index (χ1n) is 6.88. The standard InChI is InChI=1S/C15H21ClN2O3/c1-10(2)13(7-8-19)18-14(20)9-17-15(21)11-3-5-12(16)6-4-11/h3-6,10,13,19H,7-9H2,1-2H3,(H,17,21)(H,18,20). The van der Waals surface area contributed by atoms with E-state index in [2.05, 4.69) is 10.6 Å². The normalized spacial score (nSPS) is 12.0. The van der Waals surface area contributed by atoms with Crippen molar-refractivity contribution in [2.75, 3.05) is 13.2 Å². The molecule has 0 radical (unpaired) electrons. The van der Waals surface area contributed by atoms with E-state index in [1.807, 2.05) is 13.8 Å². The van der Waals surface area contributed by atoms with Gasteiger partial charge in [-0.1, -0.05) is 25.4 Å². The lowest BCUT2D eigenvalue weighted by Crippen LogP contribution is -2.44. The van der Waals surface area contributed by atoms with Crippen LogP contribution in [0, 0.1) is 5.92 Å². The molecule has 3 N–H and O–H groups in total. The molecule has 1 rings (SSSR count). The second-order valence-electron chi connectivity index (χ2n) is 5.12. The number of hydrogen-bond donors (Lipinski definition) is 3. The van der Waals surface area contributed by atoms with Crippen LogP contribution in [0.3, 0.4) is 0 Å². The summed E-state index contributed by atoms with van der Waals surface area (Å²) >= 11 is 5.74. The van der Waals surface area contributed by atoms with Gasteiger partial charge in [-0.2, -0.15) is 0 Å². The van der Waals surface area contributed by atoms with E-state index in [-0.39, 0.29) is 36.9 Å². The molecule has 1 aromatic rings. The molecule has 116 valence electrons. The molecule has 6 heteroatoms. The fraction of sp³-hybridized carbons (Fsp3) is 0.467. The number of aliphatic hydroxyl groups is 1. The van der Waals surface area contributed by atoms with E-state index in [4.69, 9.17) is 16.7 Å². The topological polar surface area (TPSA) is 78.4 Å². The van der Waals surface area contributed by atoms with E-state index in [9.17, 15) is 9.59 Å². The fourth-order valence-corrected chi connectivity index (χ4v) is 1.96. The summed E-state index contributed by atoms with van der Waals surface area (Å²) in [6.07, 6.45) is 0.495. The van der Waals surface area contributed by atoms with Crippen molar-refractivity contribution in [3.63, 3.8) is 0 Å². The minimum atomic E-state index is -0.329. The molecule has 0 heterocycles. The minimum absolute atomic E-state index is 0.0141. The van der Waals surface area contributed by atoms with E-state index >= 15 is 0 Å². The summed E-state index contributed by atoms with van der Waals surface area (Å²) in [6, 6.07) is 6.32. The second kappa shape index (κ2) is 8.64. The van der Waals surface area contributed by atoms with Gasteiger partial charge < -0.3 is 15.7 Å². The number of carbonyl (C=O) groups excluding carboxylic acids is 2. The highest BCUT2D eigenvalue weighted by molar-refractivity contribution is 6.30. The highest BCUT2D eigenvalue weighted by Crippen LogP contribution is 2.09. The number of nitrogens with one attached hydrogen (secondary N) is 2. The molecule has 1 aromatic carbocycles. The Labute approximate surface area is 129 Å². The summed E-state index contributed by atoms with van der Waals surface area (Å²) in [5.74, 6) is -0.386. The Hall–Kier alpha value is -1.59. The van der Waals surface area contributed by atoms with Gasteiger partial charge in [0.15, 0.2) is 0 Å². The van der Waals surface area contributed by atoms with Gasteiger partial charge in [-0.3, -0.25) is 9.59 Å². The first-order valence-corrected chi connectivity index (χ1v) is 7.25. The van der Waals surface area contributed by atoms with E-state index in [0.717, 1.165) is 0 Å². The molecular weight excluding hydrogens is 292 g/mol. The van der Waals surface area contributed by atoms with Gasteiger partial charge in [0, 0.05) is 23.2 Å². The molecule has 0 fully saturated rings. The second-order valence-corrected chi connectivity index (χ2v) is 5.56. The van der Waals surface area contributed by atoms with Crippen molar-refractivity contribution in [3.8, 4) is 0 Å². The average molecular weight is 313 g/mol. The van der Waals surface area contributed by atoms with E-state index in [1.54, 1.807) is 24.3 Å². The predicted octanol–water partition coefficient (Wildman–Crippen LogP) is 1.59. The van der Waals surface area contributed by atoms with Crippen LogP contribution in [-0.2, 0) is 4.79 Å². The van der Waals surface area contributed by atoms with Crippen LogP contribution in [-0.4, -0.2) is 36.1 Å². The number of amides is 2. The maximum Gasteiger partial charge on any atom is 0.251 e. The molecule has 0 saturated carbocycles. The van der Waals surface area contributed by atoms with Gasteiger partial charge in [-0.15, -0.1) is 0 Å². The summed E-state index contributed by atoms with van der Waals surface area (Å²) in [5, 5.41) is 14.9. The molecule has 0 spiro atoms. The van der Waals surface area contributed by atoms with Crippen molar-refractivity contribution in [1.82, 2.24) is 10.6 Å². The van der Waals surface area contributed by atoms with Crippen LogP contribution in [0.4, 0.5) is 0 Å². The molecular formula is C15H21ClN2O3. The number of benzene rings is 1. The summed E-state index contributed by atoms with van der Waals surface area (Å²) in [4.78, 5) is 23.6. The molecule has 1 unspecified atom stereocenters. The Morgan fingerprint density at radius 1 is 1.24 bits per heavy atom. The van der Waals surface area contributed by atoms with Gasteiger partial charge in [-0.25, -0.2) is 0 Å². The molecule has 0 bridgehead atoms. The van der Waals surface area contributed by atoms with Gasteiger partial charge >= 0.3 is 0 Å². The zero-order valence-corrected chi connectivity index (χ0v) is 13.0. The number of halogens is 1. The summed E-state index contributed by atoms with van der Waals surface area (Å²) in [5.41, 5.74) is 0.447. The largest absolute Gasteiger partial charge is 0.396 e. The Bertz CT molecular complexity index is 474. The first kappa shape index (κ1) is 17.5. The van der Waals surface area contributed by atoms with Crippen LogP contribution in [0.5, 0.6) is 0 Å². The third kappa shape index (κ3) is 6.14. The minimum Gasteiger partial charge on any atom is -0.396 e. The monoisotopic (exact) mass is 312 g/mol. The van der Waals surface area contributed by atoms with Crippen LogP contribution in [0.2, 0.25) is 5.02 Å². The van der Waals surface area contributed by atoms with Gasteiger partial charge in [0.25, 0.3) is 5.91 Å². The Morgan fingerprint density at radius 2 is 1.86 bits per heavy atom.